The molecule has 3 N–H and O–H groups in total. The van der Waals surface area contributed by atoms with Gasteiger partial charge < -0.3 is 15.4 Å². The summed E-state index contributed by atoms with van der Waals surface area (Å²) in [5, 5.41) is 8.88. The van der Waals surface area contributed by atoms with E-state index in [1.807, 2.05) is 65.0 Å². The highest BCUT2D eigenvalue weighted by molar-refractivity contribution is 5.93. The van der Waals surface area contributed by atoms with Gasteiger partial charge >= 0.3 is 5.97 Å². The zero-order valence-corrected chi connectivity index (χ0v) is 26.1. The van der Waals surface area contributed by atoms with Crippen LogP contribution in [0.2, 0.25) is 0 Å². The molecule has 0 unspecified atom stereocenters. The summed E-state index contributed by atoms with van der Waals surface area (Å²) in [6.07, 6.45) is 8.28. The summed E-state index contributed by atoms with van der Waals surface area (Å²) in [7, 11) is 0. The van der Waals surface area contributed by atoms with Gasteiger partial charge in [-0.2, -0.15) is 0 Å². The van der Waals surface area contributed by atoms with Crippen LogP contribution in [0.4, 0.5) is 0 Å². The number of benzene rings is 1. The van der Waals surface area contributed by atoms with Crippen LogP contribution in [0.5, 0.6) is 0 Å². The van der Waals surface area contributed by atoms with Gasteiger partial charge in [0.2, 0.25) is 11.8 Å². The van der Waals surface area contributed by atoms with Crippen LogP contribution in [-0.4, -0.2) is 58.4 Å². The molecule has 5 atom stereocenters. The SMILES string of the molecule is C=Cc1cc2cc([C@@H](C)OC(=O)[C@@H]3CCCN(C(=O)[C@H](C)NC(=O)[C@@H](NC(=O)[C@@H](/C=C/C)CC)C(C)C)N3)ccc2cn1. The number of rotatable bonds is 12. The Hall–Kier alpha value is -4.05. The lowest BCUT2D eigenvalue weighted by Gasteiger charge is -2.35. The average Bonchev–Trinajstić information content (AvgIpc) is 3.00. The number of hydrazine groups is 1. The summed E-state index contributed by atoms with van der Waals surface area (Å²) in [5.74, 6) is -2.03. The number of nitrogens with zero attached hydrogens (tertiary/aromatic N) is 2. The predicted molar refractivity (Wildman–Crippen MR) is 167 cm³/mol. The van der Waals surface area contributed by atoms with E-state index in [0.29, 0.717) is 25.8 Å². The van der Waals surface area contributed by atoms with Gasteiger partial charge in [-0.15, -0.1) is 0 Å². The Labute approximate surface area is 254 Å². The standard InChI is InChI=1S/C33H45N5O5/c1-8-12-23(9-2)30(39)36-29(20(4)5)31(40)35-21(6)32(41)38-16-11-13-28(37-38)33(42)43-22(7)24-14-15-25-19-34-27(10-3)18-26(25)17-24/h8,10,12,14-15,17-23,28-29,37H,3,9,11,13,16H2,1-2,4-7H3,(H,35,40)(H,36,39)/b12-8+/t21-,22+,23+,28-,29-/m0/s1. The van der Waals surface area contributed by atoms with Crippen LogP contribution in [0.25, 0.3) is 16.8 Å². The van der Waals surface area contributed by atoms with Gasteiger partial charge in [0.25, 0.3) is 5.91 Å². The number of pyridine rings is 1. The molecule has 0 saturated carbocycles. The normalized spacial score (nSPS) is 18.1. The van der Waals surface area contributed by atoms with Crippen LogP contribution in [0.3, 0.4) is 0 Å². The molecule has 10 nitrogen and oxygen atoms in total. The van der Waals surface area contributed by atoms with E-state index in [1.54, 1.807) is 25.3 Å². The van der Waals surface area contributed by atoms with E-state index in [1.165, 1.54) is 5.01 Å². The molecule has 2 heterocycles. The number of aromatic nitrogens is 1. The molecule has 0 radical (unpaired) electrons. The predicted octanol–water partition coefficient (Wildman–Crippen LogP) is 4.23. The van der Waals surface area contributed by atoms with Crippen molar-refractivity contribution in [1.82, 2.24) is 26.1 Å². The van der Waals surface area contributed by atoms with E-state index in [2.05, 4.69) is 27.6 Å². The molecule has 3 rings (SSSR count). The van der Waals surface area contributed by atoms with E-state index in [0.717, 1.165) is 22.0 Å². The molecular formula is C33H45N5O5. The minimum atomic E-state index is -0.878. The quantitative estimate of drug-likeness (QED) is 0.249. The zero-order chi connectivity index (χ0) is 31.7. The fourth-order valence-electron chi connectivity index (χ4n) is 5.02. The number of carbonyl (C=O) groups excluding carboxylic acids is 4. The van der Waals surface area contributed by atoms with Crippen LogP contribution in [-0.2, 0) is 23.9 Å². The van der Waals surface area contributed by atoms with Gasteiger partial charge in [-0.3, -0.25) is 29.2 Å². The van der Waals surface area contributed by atoms with E-state index < -0.39 is 36.1 Å². The van der Waals surface area contributed by atoms with Crippen molar-refractivity contribution in [2.75, 3.05) is 6.54 Å². The summed E-state index contributed by atoms with van der Waals surface area (Å²) >= 11 is 0. The highest BCUT2D eigenvalue weighted by Gasteiger charge is 2.34. The Morgan fingerprint density at radius 3 is 2.51 bits per heavy atom. The molecule has 1 aliphatic rings. The minimum Gasteiger partial charge on any atom is -0.457 e. The molecule has 1 fully saturated rings. The third-order valence-corrected chi connectivity index (χ3v) is 7.65. The first-order valence-electron chi connectivity index (χ1n) is 15.0. The largest absolute Gasteiger partial charge is 0.457 e. The van der Waals surface area contributed by atoms with Gasteiger partial charge in [0.05, 0.1) is 11.6 Å². The maximum atomic E-state index is 13.3. The van der Waals surface area contributed by atoms with Gasteiger partial charge in [0.15, 0.2) is 0 Å². The summed E-state index contributed by atoms with van der Waals surface area (Å²) in [6, 6.07) is 5.35. The first-order chi connectivity index (χ1) is 20.5. The topological polar surface area (TPSA) is 130 Å². The lowest BCUT2D eigenvalue weighted by atomic mass is 9.99. The third-order valence-electron chi connectivity index (χ3n) is 7.65. The molecule has 1 aliphatic heterocycles. The second kappa shape index (κ2) is 15.4. The van der Waals surface area contributed by atoms with Crippen LogP contribution in [0.15, 0.2) is 49.2 Å². The van der Waals surface area contributed by atoms with Crippen LogP contribution in [0.1, 0.15) is 78.2 Å². The van der Waals surface area contributed by atoms with Crippen molar-refractivity contribution >= 4 is 40.5 Å². The summed E-state index contributed by atoms with van der Waals surface area (Å²) in [4.78, 5) is 56.5. The highest BCUT2D eigenvalue weighted by atomic mass is 16.5. The molecule has 3 amide bonds. The number of fused-ring (bicyclic) bond motifs is 1. The summed E-state index contributed by atoms with van der Waals surface area (Å²) in [5.41, 5.74) is 4.59. The molecule has 1 saturated heterocycles. The van der Waals surface area contributed by atoms with Crippen molar-refractivity contribution in [2.24, 2.45) is 11.8 Å². The Bertz CT molecular complexity index is 1360. The summed E-state index contributed by atoms with van der Waals surface area (Å²) < 4.78 is 5.79. The molecule has 0 bridgehead atoms. The molecule has 1 aromatic carbocycles. The maximum absolute atomic E-state index is 13.3. The van der Waals surface area contributed by atoms with Crippen molar-refractivity contribution in [3.8, 4) is 0 Å². The molecule has 10 heteroatoms. The lowest BCUT2D eigenvalue weighted by Crippen LogP contribution is -2.61. The summed E-state index contributed by atoms with van der Waals surface area (Å²) in [6.45, 7) is 15.0. The average molecular weight is 592 g/mol. The van der Waals surface area contributed by atoms with Crippen molar-refractivity contribution in [2.45, 2.75) is 85.0 Å². The highest BCUT2D eigenvalue weighted by Crippen LogP contribution is 2.24. The van der Waals surface area contributed by atoms with Crippen LogP contribution in [0, 0.1) is 11.8 Å². The van der Waals surface area contributed by atoms with E-state index in [4.69, 9.17) is 4.74 Å². The Morgan fingerprint density at radius 1 is 1.12 bits per heavy atom. The molecule has 2 aromatic rings. The number of ether oxygens (including phenoxy) is 1. The van der Waals surface area contributed by atoms with Gasteiger partial charge in [0, 0.05) is 18.1 Å². The number of esters is 1. The first-order valence-corrected chi connectivity index (χ1v) is 15.0. The van der Waals surface area contributed by atoms with Gasteiger partial charge in [-0.05, 0) is 75.1 Å². The molecule has 0 aliphatic carbocycles. The van der Waals surface area contributed by atoms with E-state index in [9.17, 15) is 19.2 Å². The lowest BCUT2D eigenvalue weighted by molar-refractivity contribution is -0.157. The van der Waals surface area contributed by atoms with Gasteiger partial charge in [-0.1, -0.05) is 51.6 Å². The third kappa shape index (κ3) is 8.73. The smallest absolute Gasteiger partial charge is 0.325 e. The zero-order valence-electron chi connectivity index (χ0n) is 26.1. The Balaban J connectivity index is 1.59. The second-order valence-corrected chi connectivity index (χ2v) is 11.3. The number of nitrogens with one attached hydrogen (secondary N) is 3. The van der Waals surface area contributed by atoms with Gasteiger partial charge in [0.1, 0.15) is 24.2 Å². The second-order valence-electron chi connectivity index (χ2n) is 11.3. The Kier molecular flexibility index (Phi) is 12.0. The van der Waals surface area contributed by atoms with Crippen LogP contribution < -0.4 is 16.1 Å². The molecule has 0 spiro atoms. The van der Waals surface area contributed by atoms with E-state index >= 15 is 0 Å². The first kappa shape index (κ1) is 33.5. The minimum absolute atomic E-state index is 0.188. The Morgan fingerprint density at radius 2 is 1.86 bits per heavy atom. The molecular weight excluding hydrogens is 546 g/mol. The van der Waals surface area contributed by atoms with Crippen molar-refractivity contribution in [3.63, 3.8) is 0 Å². The number of hydrogen-bond acceptors (Lipinski definition) is 7. The molecule has 1 aromatic heterocycles. The number of hydrogen-bond donors (Lipinski definition) is 3. The number of allylic oxidation sites excluding steroid dienone is 1. The molecule has 43 heavy (non-hydrogen) atoms. The maximum Gasteiger partial charge on any atom is 0.325 e. The van der Waals surface area contributed by atoms with Crippen molar-refractivity contribution < 1.29 is 23.9 Å². The number of carbonyl (C=O) groups is 4. The van der Waals surface area contributed by atoms with Crippen molar-refractivity contribution in [1.29, 1.82) is 0 Å². The van der Waals surface area contributed by atoms with Crippen molar-refractivity contribution in [3.05, 3.63) is 60.5 Å². The van der Waals surface area contributed by atoms with E-state index in [-0.39, 0.29) is 23.7 Å². The fraction of sp³-hybridized carbons (Fsp3) is 0.485. The monoisotopic (exact) mass is 591 g/mol. The van der Waals surface area contributed by atoms with Crippen LogP contribution >= 0.6 is 0 Å². The van der Waals surface area contributed by atoms with Gasteiger partial charge in [-0.25, -0.2) is 5.43 Å². The molecule has 232 valence electrons. The fourth-order valence-corrected chi connectivity index (χ4v) is 5.02. The number of amides is 3.